The zero-order chi connectivity index (χ0) is 29.2. The SMILES string of the molecule is O=C(c1ccc(F)cc1)[C@@H]1[C@H](C(=O)c2cccc([N+](=O)[O-])c2)N2C=Cc3ccccc3[C@@H]2[C@]12C(=O)Nc1ccccc12. The molecule has 8 nitrogen and oxygen atoms in total. The molecule has 0 unspecified atom stereocenters. The fourth-order valence-corrected chi connectivity index (χ4v) is 6.90. The molecule has 42 heavy (non-hydrogen) atoms. The molecule has 1 spiro atoms. The van der Waals surface area contributed by atoms with Crippen LogP contribution >= 0.6 is 0 Å². The van der Waals surface area contributed by atoms with Gasteiger partial charge in [-0.3, -0.25) is 24.5 Å². The molecule has 1 saturated heterocycles. The van der Waals surface area contributed by atoms with Crippen LogP contribution < -0.4 is 5.32 Å². The molecule has 4 aromatic rings. The molecular formula is C33H22FN3O5. The van der Waals surface area contributed by atoms with Crippen molar-refractivity contribution in [3.05, 3.63) is 147 Å². The topological polar surface area (TPSA) is 110 Å². The minimum Gasteiger partial charge on any atom is -0.358 e. The van der Waals surface area contributed by atoms with Gasteiger partial charge in [-0.1, -0.05) is 54.6 Å². The van der Waals surface area contributed by atoms with Crippen LogP contribution in [0.4, 0.5) is 15.8 Å². The lowest BCUT2D eigenvalue weighted by atomic mass is 9.62. The van der Waals surface area contributed by atoms with Gasteiger partial charge in [-0.25, -0.2) is 4.39 Å². The number of carbonyl (C=O) groups is 3. The standard InChI is InChI=1S/C33H22FN3O5/c34-22-14-12-20(13-15-22)29(38)27-28(30(39)21-7-5-8-23(18-21)37(41)42)36-17-16-19-6-1-2-9-24(19)31(36)33(27)25-10-3-4-11-26(25)35-32(33)40/h1-18,27-28,31H,(H,35,40)/t27-,28+,31+,33+/m0/s1. The smallest absolute Gasteiger partial charge is 0.270 e. The highest BCUT2D eigenvalue weighted by Crippen LogP contribution is 2.62. The van der Waals surface area contributed by atoms with Crippen molar-refractivity contribution in [3.63, 3.8) is 0 Å². The van der Waals surface area contributed by atoms with Gasteiger partial charge in [0.15, 0.2) is 11.6 Å². The summed E-state index contributed by atoms with van der Waals surface area (Å²) >= 11 is 0. The fraction of sp³-hybridized carbons (Fsp3) is 0.121. The van der Waals surface area contributed by atoms with Crippen LogP contribution in [0.3, 0.4) is 0 Å². The first-order valence-corrected chi connectivity index (χ1v) is 13.4. The Morgan fingerprint density at radius 3 is 2.40 bits per heavy atom. The van der Waals surface area contributed by atoms with Crippen molar-refractivity contribution in [1.29, 1.82) is 0 Å². The Balaban J connectivity index is 1.53. The van der Waals surface area contributed by atoms with Gasteiger partial charge in [0.05, 0.1) is 16.9 Å². The van der Waals surface area contributed by atoms with Crippen LogP contribution in [0.1, 0.15) is 43.4 Å². The maximum Gasteiger partial charge on any atom is 0.270 e. The number of ketones is 2. The van der Waals surface area contributed by atoms with E-state index in [1.807, 2.05) is 30.3 Å². The van der Waals surface area contributed by atoms with Crippen molar-refractivity contribution in [1.82, 2.24) is 4.90 Å². The van der Waals surface area contributed by atoms with Gasteiger partial charge in [-0.15, -0.1) is 0 Å². The summed E-state index contributed by atoms with van der Waals surface area (Å²) in [7, 11) is 0. The quantitative estimate of drug-likeness (QED) is 0.190. The minimum absolute atomic E-state index is 0.0425. The molecule has 3 heterocycles. The second-order valence-corrected chi connectivity index (χ2v) is 10.6. The normalized spacial score (nSPS) is 23.2. The largest absolute Gasteiger partial charge is 0.358 e. The van der Waals surface area contributed by atoms with Crippen LogP contribution in [0.2, 0.25) is 0 Å². The number of anilines is 1. The monoisotopic (exact) mass is 559 g/mol. The number of halogens is 1. The first kappa shape index (κ1) is 25.5. The molecule has 4 atom stereocenters. The first-order valence-electron chi connectivity index (χ1n) is 13.4. The number of amides is 1. The third-order valence-corrected chi connectivity index (χ3v) is 8.59. The van der Waals surface area contributed by atoms with E-state index in [1.54, 1.807) is 35.4 Å². The summed E-state index contributed by atoms with van der Waals surface area (Å²) in [5.74, 6) is -3.28. The van der Waals surface area contributed by atoms with E-state index in [9.17, 15) is 28.9 Å². The Hall–Kier alpha value is -5.44. The summed E-state index contributed by atoms with van der Waals surface area (Å²) in [5, 5.41) is 14.5. The van der Waals surface area contributed by atoms with Gasteiger partial charge in [-0.2, -0.15) is 0 Å². The lowest BCUT2D eigenvalue weighted by Crippen LogP contribution is -2.49. The van der Waals surface area contributed by atoms with Gasteiger partial charge in [-0.05, 0) is 53.1 Å². The third kappa shape index (κ3) is 3.49. The Morgan fingerprint density at radius 1 is 0.881 bits per heavy atom. The molecule has 0 bridgehead atoms. The van der Waals surface area contributed by atoms with Crippen molar-refractivity contribution in [2.75, 3.05) is 5.32 Å². The summed E-state index contributed by atoms with van der Waals surface area (Å²) in [4.78, 5) is 56.3. The number of fused-ring (bicyclic) bond motifs is 6. The van der Waals surface area contributed by atoms with Gasteiger partial charge in [0.25, 0.3) is 5.69 Å². The number of hydrogen-bond acceptors (Lipinski definition) is 6. The van der Waals surface area contributed by atoms with Crippen molar-refractivity contribution in [3.8, 4) is 0 Å². The number of nitro benzene ring substituents is 1. The molecule has 1 N–H and O–H groups in total. The van der Waals surface area contributed by atoms with E-state index in [0.717, 1.165) is 23.3 Å². The van der Waals surface area contributed by atoms with Crippen molar-refractivity contribution in [2.45, 2.75) is 17.5 Å². The molecule has 1 amide bonds. The average Bonchev–Trinajstić information content (AvgIpc) is 3.49. The minimum atomic E-state index is -1.55. The van der Waals surface area contributed by atoms with E-state index in [4.69, 9.17) is 0 Å². The van der Waals surface area contributed by atoms with Crippen molar-refractivity contribution >= 4 is 34.9 Å². The summed E-state index contributed by atoms with van der Waals surface area (Å²) in [5.41, 5.74) is 1.08. The molecule has 0 radical (unpaired) electrons. The molecule has 0 saturated carbocycles. The van der Waals surface area contributed by atoms with Crippen molar-refractivity contribution in [2.24, 2.45) is 5.92 Å². The molecule has 4 aromatic carbocycles. The lowest BCUT2D eigenvalue weighted by Gasteiger charge is -2.38. The number of hydrogen-bond donors (Lipinski definition) is 1. The number of nitrogens with one attached hydrogen (secondary N) is 1. The number of non-ortho nitro benzene ring substituents is 1. The number of Topliss-reactive ketones (excluding diaryl/α,β-unsaturated/α-hetero) is 2. The molecule has 3 aliphatic heterocycles. The van der Waals surface area contributed by atoms with E-state index in [1.165, 1.54) is 36.4 Å². The average molecular weight is 560 g/mol. The van der Waals surface area contributed by atoms with Crippen LogP contribution in [-0.2, 0) is 10.2 Å². The lowest BCUT2D eigenvalue weighted by molar-refractivity contribution is -0.384. The predicted octanol–water partition coefficient (Wildman–Crippen LogP) is 5.72. The summed E-state index contributed by atoms with van der Waals surface area (Å²) < 4.78 is 13.9. The number of carbonyl (C=O) groups excluding carboxylic acids is 3. The molecular weight excluding hydrogens is 537 g/mol. The number of para-hydroxylation sites is 1. The second kappa shape index (κ2) is 9.31. The predicted molar refractivity (Wildman–Crippen MR) is 152 cm³/mol. The summed E-state index contributed by atoms with van der Waals surface area (Å²) in [6.45, 7) is 0. The van der Waals surface area contributed by atoms with Gasteiger partial charge >= 0.3 is 0 Å². The summed E-state index contributed by atoms with van der Waals surface area (Å²) in [6.07, 6.45) is 3.55. The zero-order valence-corrected chi connectivity index (χ0v) is 21.9. The second-order valence-electron chi connectivity index (χ2n) is 10.6. The van der Waals surface area contributed by atoms with E-state index < -0.39 is 51.6 Å². The van der Waals surface area contributed by atoms with Gasteiger partial charge in [0.1, 0.15) is 17.3 Å². The highest BCUT2D eigenvalue weighted by atomic mass is 19.1. The third-order valence-electron chi connectivity index (χ3n) is 8.59. The van der Waals surface area contributed by atoms with E-state index in [2.05, 4.69) is 5.32 Å². The Labute approximate surface area is 239 Å². The molecule has 3 aliphatic rings. The van der Waals surface area contributed by atoms with E-state index in [0.29, 0.717) is 11.3 Å². The Morgan fingerprint density at radius 2 is 1.62 bits per heavy atom. The molecule has 7 rings (SSSR count). The van der Waals surface area contributed by atoms with Gasteiger partial charge in [0, 0.05) is 35.1 Å². The highest BCUT2D eigenvalue weighted by Gasteiger charge is 2.70. The maximum absolute atomic E-state index is 14.6. The van der Waals surface area contributed by atoms with Crippen molar-refractivity contribution < 1.29 is 23.7 Å². The number of rotatable bonds is 5. The van der Waals surface area contributed by atoms with Crippen LogP contribution in [-0.4, -0.2) is 33.3 Å². The van der Waals surface area contributed by atoms with Crippen LogP contribution in [0.25, 0.3) is 6.08 Å². The first-order chi connectivity index (χ1) is 20.3. The molecule has 206 valence electrons. The van der Waals surface area contributed by atoms with E-state index in [-0.39, 0.29) is 16.8 Å². The molecule has 0 aromatic heterocycles. The van der Waals surface area contributed by atoms with Crippen LogP contribution in [0.5, 0.6) is 0 Å². The number of nitro groups is 1. The zero-order valence-electron chi connectivity index (χ0n) is 21.9. The Kier molecular flexibility index (Phi) is 5.65. The maximum atomic E-state index is 14.6. The Bertz CT molecular complexity index is 1850. The number of benzene rings is 4. The van der Waals surface area contributed by atoms with Crippen LogP contribution in [0.15, 0.2) is 103 Å². The van der Waals surface area contributed by atoms with Gasteiger partial charge < -0.3 is 10.2 Å². The summed E-state index contributed by atoms with van der Waals surface area (Å²) in [6, 6.07) is 23.0. The highest BCUT2D eigenvalue weighted by molar-refractivity contribution is 6.16. The molecule has 1 fully saturated rings. The van der Waals surface area contributed by atoms with Crippen LogP contribution in [0, 0.1) is 21.8 Å². The molecule has 9 heteroatoms. The number of nitrogens with zero attached hydrogens (tertiary/aromatic N) is 2. The fourth-order valence-electron chi connectivity index (χ4n) is 6.90. The van der Waals surface area contributed by atoms with Gasteiger partial charge in [0.2, 0.25) is 5.91 Å². The molecule has 0 aliphatic carbocycles. The van der Waals surface area contributed by atoms with E-state index >= 15 is 0 Å².